The van der Waals surface area contributed by atoms with Gasteiger partial charge in [0.05, 0.1) is 4.83 Å². The Labute approximate surface area is 94.0 Å². The van der Waals surface area contributed by atoms with Gasteiger partial charge in [0.2, 0.25) is 0 Å². The van der Waals surface area contributed by atoms with Gasteiger partial charge in [-0.2, -0.15) is 0 Å². The molecule has 0 fully saturated rings. The Bertz CT molecular complexity index is 378. The summed E-state index contributed by atoms with van der Waals surface area (Å²) in [5.41, 5.74) is -0.501. The number of hydrogen-bond acceptors (Lipinski definition) is 2. The van der Waals surface area contributed by atoms with Crippen LogP contribution in [0.5, 0.6) is 5.75 Å². The van der Waals surface area contributed by atoms with Gasteiger partial charge in [0, 0.05) is 11.1 Å². The van der Waals surface area contributed by atoms with Crippen LogP contribution in [-0.2, 0) is 0 Å². The number of carbonyl (C=O) groups excluding carboxylic acids is 1. The molecule has 1 N–H and O–H groups in total. The Hall–Kier alpha value is -0.970. The van der Waals surface area contributed by atoms with Gasteiger partial charge in [-0.05, 0) is 25.1 Å². The number of alkyl halides is 3. The minimum absolute atomic E-state index is 0.0628. The van der Waals surface area contributed by atoms with Gasteiger partial charge in [0.15, 0.2) is 5.78 Å². The van der Waals surface area contributed by atoms with E-state index in [1.54, 1.807) is 6.92 Å². The molecule has 1 rings (SSSR count). The lowest BCUT2D eigenvalue weighted by atomic mass is 10.0. The van der Waals surface area contributed by atoms with Crippen molar-refractivity contribution in [2.45, 2.75) is 18.2 Å². The molecule has 0 saturated carbocycles. The van der Waals surface area contributed by atoms with E-state index in [1.807, 2.05) is 0 Å². The van der Waals surface area contributed by atoms with Crippen molar-refractivity contribution in [3.8, 4) is 5.75 Å². The van der Waals surface area contributed by atoms with E-state index in [1.165, 1.54) is 12.1 Å². The van der Waals surface area contributed by atoms with Gasteiger partial charge >= 0.3 is 0 Å². The van der Waals surface area contributed by atoms with E-state index in [0.717, 1.165) is 6.07 Å². The minimum atomic E-state index is -2.78. The van der Waals surface area contributed by atoms with Gasteiger partial charge < -0.3 is 5.11 Å². The lowest BCUT2D eigenvalue weighted by molar-refractivity contribution is 0.0981. The van der Waals surface area contributed by atoms with Crippen molar-refractivity contribution in [1.82, 2.24) is 0 Å². The second-order valence-electron chi connectivity index (χ2n) is 3.05. The Balaban J connectivity index is 3.23. The van der Waals surface area contributed by atoms with Crippen molar-refractivity contribution in [2.75, 3.05) is 0 Å². The van der Waals surface area contributed by atoms with Crippen molar-refractivity contribution < 1.29 is 18.7 Å². The molecule has 0 heterocycles. The zero-order chi connectivity index (χ0) is 11.6. The molecule has 2 nitrogen and oxygen atoms in total. The molecule has 0 aliphatic heterocycles. The maximum Gasteiger partial charge on any atom is 0.264 e. The summed E-state index contributed by atoms with van der Waals surface area (Å²) in [7, 11) is 0. The lowest BCUT2D eigenvalue weighted by Gasteiger charge is -2.09. The molecule has 1 atom stereocenters. The molecule has 15 heavy (non-hydrogen) atoms. The standard InChI is InChI=1S/C10H9BrF2O2/c1-5(11)9(15)7-3-2-6(14)4-8(7)10(12)13/h2-5,10,14H,1H3. The first-order chi connectivity index (χ1) is 6.93. The number of phenolic OH excluding ortho intramolecular Hbond substituents is 1. The number of aromatic hydroxyl groups is 1. The molecule has 0 saturated heterocycles. The first-order valence-electron chi connectivity index (χ1n) is 4.23. The maximum atomic E-state index is 12.6. The number of hydrogen-bond donors (Lipinski definition) is 1. The molecule has 1 aromatic carbocycles. The van der Waals surface area contributed by atoms with Crippen LogP contribution in [0.15, 0.2) is 18.2 Å². The predicted octanol–water partition coefficient (Wildman–Crippen LogP) is 3.30. The maximum absolute atomic E-state index is 12.6. The Kier molecular flexibility index (Phi) is 3.79. The summed E-state index contributed by atoms with van der Waals surface area (Å²) >= 11 is 3.02. The smallest absolute Gasteiger partial charge is 0.264 e. The van der Waals surface area contributed by atoms with Crippen molar-refractivity contribution >= 4 is 21.7 Å². The molecule has 82 valence electrons. The molecule has 0 aromatic heterocycles. The van der Waals surface area contributed by atoms with Gasteiger partial charge in [-0.25, -0.2) is 8.78 Å². The number of Topliss-reactive ketones (excluding diaryl/α,β-unsaturated/α-hetero) is 1. The monoisotopic (exact) mass is 278 g/mol. The highest BCUT2D eigenvalue weighted by molar-refractivity contribution is 9.10. The number of phenols is 1. The number of rotatable bonds is 3. The molecule has 0 aliphatic carbocycles. The van der Waals surface area contributed by atoms with Crippen LogP contribution in [0.2, 0.25) is 0 Å². The minimum Gasteiger partial charge on any atom is -0.508 e. The fraction of sp³-hybridized carbons (Fsp3) is 0.300. The average Bonchev–Trinajstić information content (AvgIpc) is 2.16. The van der Waals surface area contributed by atoms with Crippen LogP contribution in [0.4, 0.5) is 8.78 Å². The predicted molar refractivity (Wildman–Crippen MR) is 55.8 cm³/mol. The normalized spacial score (nSPS) is 12.9. The Morgan fingerprint density at radius 1 is 1.47 bits per heavy atom. The SMILES string of the molecule is CC(Br)C(=O)c1ccc(O)cc1C(F)F. The quantitative estimate of drug-likeness (QED) is 0.681. The summed E-state index contributed by atoms with van der Waals surface area (Å²) < 4.78 is 25.1. The summed E-state index contributed by atoms with van der Waals surface area (Å²) in [5.74, 6) is -0.700. The molecule has 1 aromatic rings. The Morgan fingerprint density at radius 2 is 2.07 bits per heavy atom. The van der Waals surface area contributed by atoms with E-state index in [9.17, 15) is 13.6 Å². The average molecular weight is 279 g/mol. The third-order valence-electron chi connectivity index (χ3n) is 1.90. The van der Waals surface area contributed by atoms with Gasteiger partial charge in [-0.3, -0.25) is 4.79 Å². The molecule has 0 aliphatic rings. The molecule has 0 spiro atoms. The molecule has 5 heteroatoms. The summed E-state index contributed by atoms with van der Waals surface area (Å²) in [4.78, 5) is 11.0. The number of benzene rings is 1. The summed E-state index contributed by atoms with van der Waals surface area (Å²) in [5, 5.41) is 9.05. The zero-order valence-electron chi connectivity index (χ0n) is 7.88. The number of ketones is 1. The van der Waals surface area contributed by atoms with E-state index in [2.05, 4.69) is 15.9 Å². The van der Waals surface area contributed by atoms with Crippen molar-refractivity contribution in [2.24, 2.45) is 0 Å². The highest BCUT2D eigenvalue weighted by Crippen LogP contribution is 2.28. The second kappa shape index (κ2) is 4.70. The molecule has 0 radical (unpaired) electrons. The first kappa shape index (κ1) is 12.1. The molecular formula is C10H9BrF2O2. The molecule has 1 unspecified atom stereocenters. The van der Waals surface area contributed by atoms with Crippen LogP contribution < -0.4 is 0 Å². The summed E-state index contributed by atoms with van der Waals surface area (Å²) in [6.45, 7) is 1.56. The van der Waals surface area contributed by atoms with E-state index in [-0.39, 0.29) is 11.3 Å². The number of carbonyl (C=O) groups is 1. The van der Waals surface area contributed by atoms with Crippen molar-refractivity contribution in [1.29, 1.82) is 0 Å². The van der Waals surface area contributed by atoms with E-state index in [4.69, 9.17) is 5.11 Å². The van der Waals surface area contributed by atoms with Crippen molar-refractivity contribution in [3.63, 3.8) is 0 Å². The third kappa shape index (κ3) is 2.75. The van der Waals surface area contributed by atoms with Gasteiger partial charge in [0.1, 0.15) is 5.75 Å². The highest BCUT2D eigenvalue weighted by Gasteiger charge is 2.21. The van der Waals surface area contributed by atoms with Crippen LogP contribution in [0.1, 0.15) is 29.3 Å². The van der Waals surface area contributed by atoms with E-state index in [0.29, 0.717) is 0 Å². The van der Waals surface area contributed by atoms with Gasteiger partial charge in [0.25, 0.3) is 6.43 Å². The van der Waals surface area contributed by atoms with E-state index >= 15 is 0 Å². The number of halogens is 3. The summed E-state index contributed by atoms with van der Waals surface area (Å²) in [6, 6.07) is 3.33. The fourth-order valence-corrected chi connectivity index (χ4v) is 1.42. The first-order valence-corrected chi connectivity index (χ1v) is 5.14. The topological polar surface area (TPSA) is 37.3 Å². The summed E-state index contributed by atoms with van der Waals surface area (Å²) in [6.07, 6.45) is -2.78. The van der Waals surface area contributed by atoms with Crippen LogP contribution >= 0.6 is 15.9 Å². The molecule has 0 bridgehead atoms. The van der Waals surface area contributed by atoms with Crippen LogP contribution in [0.3, 0.4) is 0 Å². The highest BCUT2D eigenvalue weighted by atomic mass is 79.9. The van der Waals surface area contributed by atoms with Crippen LogP contribution in [-0.4, -0.2) is 15.7 Å². The van der Waals surface area contributed by atoms with Gasteiger partial charge in [-0.1, -0.05) is 15.9 Å². The zero-order valence-corrected chi connectivity index (χ0v) is 9.46. The molecular weight excluding hydrogens is 270 g/mol. The third-order valence-corrected chi connectivity index (χ3v) is 2.31. The van der Waals surface area contributed by atoms with Crippen molar-refractivity contribution in [3.05, 3.63) is 29.3 Å². The van der Waals surface area contributed by atoms with Crippen LogP contribution in [0.25, 0.3) is 0 Å². The fourth-order valence-electron chi connectivity index (χ4n) is 1.17. The Morgan fingerprint density at radius 3 is 2.53 bits per heavy atom. The van der Waals surface area contributed by atoms with Gasteiger partial charge in [-0.15, -0.1) is 0 Å². The molecule has 0 amide bonds. The lowest BCUT2D eigenvalue weighted by Crippen LogP contribution is -2.12. The van der Waals surface area contributed by atoms with E-state index < -0.39 is 22.6 Å². The largest absolute Gasteiger partial charge is 0.508 e. The van der Waals surface area contributed by atoms with Crippen LogP contribution in [0, 0.1) is 0 Å². The second-order valence-corrected chi connectivity index (χ2v) is 4.43.